The molecule has 8 nitrogen and oxygen atoms in total. The van der Waals surface area contributed by atoms with Gasteiger partial charge in [0.15, 0.2) is 0 Å². The van der Waals surface area contributed by atoms with Gasteiger partial charge < -0.3 is 9.84 Å². The second kappa shape index (κ2) is 10.7. The monoisotopic (exact) mass is 368 g/mol. The molecule has 0 saturated carbocycles. The lowest BCUT2D eigenvalue weighted by Gasteiger charge is -2.12. The number of nitrogens with zero attached hydrogens (tertiary/aromatic N) is 2. The zero-order valence-electron chi connectivity index (χ0n) is 15.7. The fourth-order valence-electron chi connectivity index (χ4n) is 2.36. The average molecular weight is 368 g/mol. The second-order valence-electron chi connectivity index (χ2n) is 6.63. The normalized spacial score (nSPS) is 11.0. The summed E-state index contributed by atoms with van der Waals surface area (Å²) in [5.41, 5.74) is -2.26. The molecule has 0 aromatic carbocycles. The molecule has 0 aliphatic heterocycles. The van der Waals surface area contributed by atoms with Crippen LogP contribution in [0.15, 0.2) is 15.8 Å². The first kappa shape index (κ1) is 21.8. The Balaban J connectivity index is 3.08. The van der Waals surface area contributed by atoms with Gasteiger partial charge in [0.1, 0.15) is 0 Å². The predicted molar refractivity (Wildman–Crippen MR) is 96.5 cm³/mol. The third-order valence-corrected chi connectivity index (χ3v) is 3.82. The number of carbonyl (C=O) groups is 2. The lowest BCUT2D eigenvalue weighted by molar-refractivity contribution is 0.0888. The third-order valence-electron chi connectivity index (χ3n) is 3.82. The number of aliphatic hydroxyl groups is 1. The summed E-state index contributed by atoms with van der Waals surface area (Å²) in [6, 6.07) is 0. The minimum atomic E-state index is -1.14. The van der Waals surface area contributed by atoms with E-state index < -0.39 is 29.9 Å². The van der Waals surface area contributed by atoms with Crippen molar-refractivity contribution in [3.63, 3.8) is 0 Å². The van der Waals surface area contributed by atoms with Crippen LogP contribution in [0.3, 0.4) is 0 Å². The van der Waals surface area contributed by atoms with E-state index in [0.29, 0.717) is 11.0 Å². The van der Waals surface area contributed by atoms with Gasteiger partial charge in [-0.3, -0.25) is 9.59 Å². The van der Waals surface area contributed by atoms with E-state index in [1.54, 1.807) is 13.8 Å². The maximum absolute atomic E-state index is 12.4. The Morgan fingerprint density at radius 3 is 2.38 bits per heavy atom. The number of aromatic nitrogens is 2. The molecule has 26 heavy (non-hydrogen) atoms. The van der Waals surface area contributed by atoms with Gasteiger partial charge in [-0.25, -0.2) is 14.2 Å². The molecule has 0 bridgehead atoms. The summed E-state index contributed by atoms with van der Waals surface area (Å²) in [5.74, 6) is -0.505. The van der Waals surface area contributed by atoms with E-state index >= 15 is 0 Å². The summed E-state index contributed by atoms with van der Waals surface area (Å²) in [7, 11) is 0. The van der Waals surface area contributed by atoms with E-state index in [1.165, 1.54) is 0 Å². The molecule has 0 aliphatic rings. The Morgan fingerprint density at radius 1 is 1.15 bits per heavy atom. The molecule has 0 spiro atoms. The summed E-state index contributed by atoms with van der Waals surface area (Å²) in [4.78, 5) is 49.1. The van der Waals surface area contributed by atoms with Crippen LogP contribution in [-0.2, 0) is 11.3 Å². The highest BCUT2D eigenvalue weighted by Gasteiger charge is 2.21. The van der Waals surface area contributed by atoms with Crippen LogP contribution in [0.1, 0.15) is 69.7 Å². The molecule has 0 atom stereocenters. The van der Waals surface area contributed by atoms with Gasteiger partial charge in [0, 0.05) is 12.6 Å². The van der Waals surface area contributed by atoms with Crippen molar-refractivity contribution < 1.29 is 19.4 Å². The van der Waals surface area contributed by atoms with Gasteiger partial charge in [-0.2, -0.15) is 4.57 Å². The van der Waals surface area contributed by atoms with E-state index in [1.807, 2.05) is 0 Å². The number of rotatable bonds is 9. The zero-order valence-corrected chi connectivity index (χ0v) is 15.7. The van der Waals surface area contributed by atoms with E-state index in [4.69, 9.17) is 4.74 Å². The van der Waals surface area contributed by atoms with Crippen LogP contribution < -0.4 is 11.2 Å². The molecule has 1 rings (SSSR count). The Bertz CT molecular complexity index is 732. The molecular formula is C18H28N2O6. The second-order valence-corrected chi connectivity index (χ2v) is 6.63. The van der Waals surface area contributed by atoms with Gasteiger partial charge in [-0.1, -0.05) is 46.5 Å². The standard InChI is InChI=1S/C18H28N2O6/c1-4-5-6-7-8-9-15(22)19-10-14(11-21)16(23)20(17(19)24)18(25)26-12-13(2)3/h10,13,21H,4-9,11-12H2,1-3H3. The van der Waals surface area contributed by atoms with Gasteiger partial charge in [0.05, 0.1) is 18.8 Å². The van der Waals surface area contributed by atoms with Crippen molar-refractivity contribution in [1.29, 1.82) is 0 Å². The number of aliphatic hydroxyl groups excluding tert-OH is 1. The molecule has 1 N–H and O–H groups in total. The first-order valence-corrected chi connectivity index (χ1v) is 9.02. The molecule has 0 fully saturated rings. The molecule has 0 unspecified atom stereocenters. The molecule has 1 aromatic rings. The summed E-state index contributed by atoms with van der Waals surface area (Å²) < 4.78 is 5.91. The van der Waals surface area contributed by atoms with Crippen LogP contribution in [0, 0.1) is 5.92 Å². The van der Waals surface area contributed by atoms with E-state index in [2.05, 4.69) is 6.92 Å². The molecule has 0 saturated heterocycles. The minimum Gasteiger partial charge on any atom is -0.448 e. The summed E-state index contributed by atoms with van der Waals surface area (Å²) in [6.07, 6.45) is 4.61. The van der Waals surface area contributed by atoms with E-state index in [-0.39, 0.29) is 29.1 Å². The van der Waals surface area contributed by atoms with Crippen molar-refractivity contribution in [2.45, 2.75) is 65.9 Å². The first-order valence-electron chi connectivity index (χ1n) is 9.02. The molecule has 8 heteroatoms. The topological polar surface area (TPSA) is 108 Å². The molecule has 146 valence electrons. The Kier molecular flexibility index (Phi) is 8.98. The molecule has 0 amide bonds. The van der Waals surface area contributed by atoms with Crippen LogP contribution in [0.5, 0.6) is 0 Å². The van der Waals surface area contributed by atoms with Gasteiger partial charge >= 0.3 is 11.8 Å². The third kappa shape index (κ3) is 5.94. The average Bonchev–Trinajstić information content (AvgIpc) is 2.59. The van der Waals surface area contributed by atoms with Crippen molar-refractivity contribution in [1.82, 2.24) is 9.13 Å². The lowest BCUT2D eigenvalue weighted by Crippen LogP contribution is -2.47. The SMILES string of the molecule is CCCCCCCC(=O)n1cc(CO)c(=O)n(C(=O)OCC(C)C)c1=O. The van der Waals surface area contributed by atoms with Crippen molar-refractivity contribution in [2.75, 3.05) is 6.61 Å². The largest absolute Gasteiger partial charge is 0.448 e. The Morgan fingerprint density at radius 2 is 1.81 bits per heavy atom. The van der Waals surface area contributed by atoms with Crippen molar-refractivity contribution in [2.24, 2.45) is 5.92 Å². The quantitative estimate of drug-likeness (QED) is 0.669. The number of hydrogen-bond donors (Lipinski definition) is 1. The van der Waals surface area contributed by atoms with Gasteiger partial charge in [0.25, 0.3) is 5.56 Å². The van der Waals surface area contributed by atoms with E-state index in [0.717, 1.165) is 31.9 Å². The zero-order chi connectivity index (χ0) is 19.7. The number of carbonyl (C=O) groups excluding carboxylic acids is 2. The van der Waals surface area contributed by atoms with Crippen molar-refractivity contribution in [3.05, 3.63) is 32.6 Å². The maximum Gasteiger partial charge on any atom is 0.425 e. The smallest absolute Gasteiger partial charge is 0.425 e. The fraction of sp³-hybridized carbons (Fsp3) is 0.667. The van der Waals surface area contributed by atoms with Gasteiger partial charge in [-0.05, 0) is 12.3 Å². The number of ether oxygens (including phenoxy) is 1. The predicted octanol–water partition coefficient (Wildman–Crippen LogP) is 2.14. The molecule has 1 aromatic heterocycles. The molecular weight excluding hydrogens is 340 g/mol. The van der Waals surface area contributed by atoms with Gasteiger partial charge in [0.2, 0.25) is 5.91 Å². The summed E-state index contributed by atoms with van der Waals surface area (Å²) in [5, 5.41) is 9.32. The minimum absolute atomic E-state index is 0.0163. The maximum atomic E-state index is 12.4. The van der Waals surface area contributed by atoms with Gasteiger partial charge in [-0.15, -0.1) is 0 Å². The van der Waals surface area contributed by atoms with Crippen molar-refractivity contribution in [3.8, 4) is 0 Å². The van der Waals surface area contributed by atoms with Crippen LogP contribution in [0.4, 0.5) is 4.79 Å². The highest BCUT2D eigenvalue weighted by atomic mass is 16.6. The van der Waals surface area contributed by atoms with Crippen LogP contribution in [0.2, 0.25) is 0 Å². The Labute approximate surface area is 152 Å². The first-order chi connectivity index (χ1) is 12.3. The Hall–Kier alpha value is -2.22. The highest BCUT2D eigenvalue weighted by molar-refractivity contribution is 5.79. The summed E-state index contributed by atoms with van der Waals surface area (Å²) >= 11 is 0. The molecule has 0 aliphatic carbocycles. The van der Waals surface area contributed by atoms with E-state index in [9.17, 15) is 24.3 Å². The molecule has 0 radical (unpaired) electrons. The van der Waals surface area contributed by atoms with Crippen molar-refractivity contribution >= 4 is 12.0 Å². The molecule has 1 heterocycles. The highest BCUT2D eigenvalue weighted by Crippen LogP contribution is 2.06. The lowest BCUT2D eigenvalue weighted by atomic mass is 10.1. The fourth-order valence-corrected chi connectivity index (χ4v) is 2.36. The van der Waals surface area contributed by atoms with Crippen LogP contribution in [0.25, 0.3) is 0 Å². The number of hydrogen-bond acceptors (Lipinski definition) is 6. The summed E-state index contributed by atoms with van der Waals surface area (Å²) in [6.45, 7) is 5.03. The van der Waals surface area contributed by atoms with Crippen LogP contribution >= 0.6 is 0 Å². The van der Waals surface area contributed by atoms with Crippen LogP contribution in [-0.4, -0.2) is 32.8 Å². The number of unbranched alkanes of at least 4 members (excludes halogenated alkanes) is 4.